The summed E-state index contributed by atoms with van der Waals surface area (Å²) in [5.74, 6) is 2.55. The molecule has 0 spiro atoms. The molecule has 0 unspecified atom stereocenters. The average molecular weight is 362 g/mol. The number of fused-ring (bicyclic) bond motifs is 1. The molecule has 0 bridgehead atoms. The molecule has 4 rings (SSSR count). The van der Waals surface area contributed by atoms with E-state index in [9.17, 15) is 0 Å². The summed E-state index contributed by atoms with van der Waals surface area (Å²) in [6.07, 6.45) is 3.52. The number of rotatable bonds is 4. The number of H-pyrrole nitrogens is 1. The SMILES string of the molecule is COc1cc(/C=N\n2c([C@@H]3CCCO3)n[nH]c2=S)cc2c1OCCO2. The monoisotopic (exact) mass is 362 g/mol. The molecule has 0 radical (unpaired) electrons. The normalized spacial score (nSPS) is 19.5. The molecule has 1 fully saturated rings. The van der Waals surface area contributed by atoms with E-state index in [0.717, 1.165) is 25.0 Å². The van der Waals surface area contributed by atoms with Crippen molar-refractivity contribution in [2.24, 2.45) is 5.10 Å². The number of aromatic amines is 1. The minimum Gasteiger partial charge on any atom is -0.493 e. The van der Waals surface area contributed by atoms with E-state index in [1.54, 1.807) is 18.0 Å². The molecule has 9 heteroatoms. The highest BCUT2D eigenvalue weighted by Crippen LogP contribution is 2.40. The largest absolute Gasteiger partial charge is 0.493 e. The van der Waals surface area contributed by atoms with Gasteiger partial charge < -0.3 is 18.9 Å². The van der Waals surface area contributed by atoms with Gasteiger partial charge in [-0.2, -0.15) is 14.9 Å². The third kappa shape index (κ3) is 3.12. The van der Waals surface area contributed by atoms with Gasteiger partial charge >= 0.3 is 0 Å². The molecular formula is C16H18N4O4S. The molecule has 1 saturated heterocycles. The Bertz CT molecular complexity index is 837. The average Bonchev–Trinajstić information content (AvgIpc) is 3.29. The van der Waals surface area contributed by atoms with Gasteiger partial charge in [-0.3, -0.25) is 5.10 Å². The molecule has 1 aromatic heterocycles. The Morgan fingerprint density at radius 2 is 2.24 bits per heavy atom. The predicted molar refractivity (Wildman–Crippen MR) is 92.3 cm³/mol. The van der Waals surface area contributed by atoms with Crippen LogP contribution in [0.1, 0.15) is 30.3 Å². The Labute approximate surface area is 149 Å². The molecule has 2 aliphatic heterocycles. The molecule has 25 heavy (non-hydrogen) atoms. The summed E-state index contributed by atoms with van der Waals surface area (Å²) in [7, 11) is 1.59. The summed E-state index contributed by atoms with van der Waals surface area (Å²) in [6, 6.07) is 3.70. The van der Waals surface area contributed by atoms with Crippen LogP contribution in [0, 0.1) is 4.77 Å². The highest BCUT2D eigenvalue weighted by atomic mass is 32.1. The van der Waals surface area contributed by atoms with Gasteiger partial charge in [0.1, 0.15) is 19.3 Å². The summed E-state index contributed by atoms with van der Waals surface area (Å²) in [4.78, 5) is 0. The van der Waals surface area contributed by atoms with Gasteiger partial charge in [-0.05, 0) is 37.2 Å². The van der Waals surface area contributed by atoms with Gasteiger partial charge in [-0.1, -0.05) is 0 Å². The quantitative estimate of drug-likeness (QED) is 0.664. The lowest BCUT2D eigenvalue weighted by Crippen LogP contribution is -2.16. The van der Waals surface area contributed by atoms with Crippen molar-refractivity contribution >= 4 is 18.4 Å². The van der Waals surface area contributed by atoms with E-state index in [1.165, 1.54) is 0 Å². The van der Waals surface area contributed by atoms with Gasteiger partial charge in [-0.15, -0.1) is 0 Å². The molecular weight excluding hydrogens is 344 g/mol. The fourth-order valence-corrected chi connectivity index (χ4v) is 3.08. The molecule has 2 aliphatic rings. The van der Waals surface area contributed by atoms with Crippen molar-refractivity contribution in [1.29, 1.82) is 0 Å². The van der Waals surface area contributed by atoms with Crippen LogP contribution in [0.3, 0.4) is 0 Å². The summed E-state index contributed by atoms with van der Waals surface area (Å²) in [5, 5.41) is 11.5. The Kier molecular flexibility index (Phi) is 4.41. The third-order valence-electron chi connectivity index (χ3n) is 4.07. The smallest absolute Gasteiger partial charge is 0.216 e. The van der Waals surface area contributed by atoms with Gasteiger partial charge in [0.05, 0.1) is 13.3 Å². The van der Waals surface area contributed by atoms with Crippen LogP contribution in [0.4, 0.5) is 0 Å². The standard InChI is InChI=1S/C16H18N4O4S/c1-21-12-7-10(8-13-14(12)24-6-5-23-13)9-17-20-15(18-19-16(20)25)11-3-2-4-22-11/h7-9,11H,2-6H2,1H3,(H,19,25)/b17-9-/t11-/m0/s1. The zero-order chi connectivity index (χ0) is 17.2. The van der Waals surface area contributed by atoms with Crippen LogP contribution in [0.25, 0.3) is 0 Å². The van der Waals surface area contributed by atoms with E-state index in [-0.39, 0.29) is 6.10 Å². The van der Waals surface area contributed by atoms with E-state index in [0.29, 0.717) is 41.1 Å². The second-order valence-electron chi connectivity index (χ2n) is 5.69. The summed E-state index contributed by atoms with van der Waals surface area (Å²) >= 11 is 5.28. The van der Waals surface area contributed by atoms with E-state index in [4.69, 9.17) is 31.2 Å². The molecule has 0 saturated carbocycles. The van der Waals surface area contributed by atoms with Gasteiger partial charge in [0.25, 0.3) is 0 Å². The lowest BCUT2D eigenvalue weighted by Gasteiger charge is -2.20. The van der Waals surface area contributed by atoms with Crippen molar-refractivity contribution in [3.05, 3.63) is 28.3 Å². The summed E-state index contributed by atoms with van der Waals surface area (Å²) < 4.78 is 24.3. The van der Waals surface area contributed by atoms with E-state index in [1.807, 2.05) is 12.1 Å². The van der Waals surface area contributed by atoms with E-state index in [2.05, 4.69) is 15.3 Å². The zero-order valence-electron chi connectivity index (χ0n) is 13.7. The zero-order valence-corrected chi connectivity index (χ0v) is 14.5. The molecule has 8 nitrogen and oxygen atoms in total. The van der Waals surface area contributed by atoms with Crippen molar-refractivity contribution in [2.45, 2.75) is 18.9 Å². The number of nitrogens with zero attached hydrogens (tertiary/aromatic N) is 3. The maximum Gasteiger partial charge on any atom is 0.216 e. The highest BCUT2D eigenvalue weighted by molar-refractivity contribution is 7.71. The molecule has 3 heterocycles. The first-order valence-electron chi connectivity index (χ1n) is 8.07. The van der Waals surface area contributed by atoms with Crippen LogP contribution in [-0.2, 0) is 4.74 Å². The number of aromatic nitrogens is 3. The maximum absolute atomic E-state index is 5.68. The second-order valence-corrected chi connectivity index (χ2v) is 6.08. The Morgan fingerprint density at radius 1 is 1.36 bits per heavy atom. The molecule has 0 amide bonds. The fourth-order valence-electron chi connectivity index (χ4n) is 2.90. The van der Waals surface area contributed by atoms with Crippen LogP contribution < -0.4 is 14.2 Å². The molecule has 1 N–H and O–H groups in total. The highest BCUT2D eigenvalue weighted by Gasteiger charge is 2.23. The minimum atomic E-state index is -0.0834. The Balaban J connectivity index is 1.66. The van der Waals surface area contributed by atoms with Gasteiger partial charge in [0, 0.05) is 12.2 Å². The lowest BCUT2D eigenvalue weighted by atomic mass is 10.2. The first-order valence-corrected chi connectivity index (χ1v) is 8.48. The number of ether oxygens (including phenoxy) is 4. The Hall–Kier alpha value is -2.39. The fraction of sp³-hybridized carbons (Fsp3) is 0.438. The third-order valence-corrected chi connectivity index (χ3v) is 4.33. The topological polar surface area (TPSA) is 82.9 Å². The van der Waals surface area contributed by atoms with Crippen molar-refractivity contribution in [3.8, 4) is 17.2 Å². The number of hydrogen-bond acceptors (Lipinski definition) is 7. The van der Waals surface area contributed by atoms with Crippen molar-refractivity contribution < 1.29 is 18.9 Å². The van der Waals surface area contributed by atoms with E-state index < -0.39 is 0 Å². The van der Waals surface area contributed by atoms with Crippen LogP contribution in [0.15, 0.2) is 17.2 Å². The van der Waals surface area contributed by atoms with Gasteiger partial charge in [-0.25, -0.2) is 0 Å². The first kappa shape index (κ1) is 16.1. The Morgan fingerprint density at radius 3 is 3.04 bits per heavy atom. The first-order chi connectivity index (χ1) is 12.3. The number of methoxy groups -OCH3 is 1. The molecule has 1 aromatic carbocycles. The second kappa shape index (κ2) is 6.85. The van der Waals surface area contributed by atoms with Gasteiger partial charge in [0.2, 0.25) is 10.5 Å². The van der Waals surface area contributed by atoms with Crippen LogP contribution >= 0.6 is 12.2 Å². The van der Waals surface area contributed by atoms with Crippen molar-refractivity contribution in [2.75, 3.05) is 26.9 Å². The van der Waals surface area contributed by atoms with Crippen molar-refractivity contribution in [1.82, 2.24) is 14.9 Å². The molecule has 132 valence electrons. The van der Waals surface area contributed by atoms with E-state index >= 15 is 0 Å². The van der Waals surface area contributed by atoms with Crippen LogP contribution in [0.2, 0.25) is 0 Å². The number of hydrogen-bond donors (Lipinski definition) is 1. The summed E-state index contributed by atoms with van der Waals surface area (Å²) in [5.41, 5.74) is 0.808. The van der Waals surface area contributed by atoms with Crippen LogP contribution in [-0.4, -0.2) is 48.0 Å². The molecule has 1 atom stereocenters. The van der Waals surface area contributed by atoms with Crippen molar-refractivity contribution in [3.63, 3.8) is 0 Å². The predicted octanol–water partition coefficient (Wildman–Crippen LogP) is 2.45. The molecule has 0 aliphatic carbocycles. The van der Waals surface area contributed by atoms with Gasteiger partial charge in [0.15, 0.2) is 17.3 Å². The van der Waals surface area contributed by atoms with Crippen LogP contribution in [0.5, 0.6) is 17.2 Å². The lowest BCUT2D eigenvalue weighted by molar-refractivity contribution is 0.102. The minimum absolute atomic E-state index is 0.0834. The molecule has 2 aromatic rings. The number of benzene rings is 1. The maximum atomic E-state index is 5.68. The number of nitrogens with one attached hydrogen (secondary N) is 1. The summed E-state index contributed by atoms with van der Waals surface area (Å²) in [6.45, 7) is 1.74.